The zero-order valence-corrected chi connectivity index (χ0v) is 19.9. The third-order valence-electron chi connectivity index (χ3n) is 4.95. The molecule has 0 saturated carbocycles. The molecule has 0 radical (unpaired) electrons. The number of nitrogens with zero attached hydrogens (tertiary/aromatic N) is 2. The Bertz CT molecular complexity index is 1050. The molecule has 1 aromatic carbocycles. The van der Waals surface area contributed by atoms with E-state index in [1.165, 1.54) is 21.9 Å². The molecule has 1 aromatic heterocycles. The highest BCUT2D eigenvalue weighted by Gasteiger charge is 2.36. The minimum Gasteiger partial charge on any atom is -0.373 e. The van der Waals surface area contributed by atoms with Crippen LogP contribution in [0.2, 0.25) is 0 Å². The van der Waals surface area contributed by atoms with E-state index in [2.05, 4.69) is 21.2 Å². The van der Waals surface area contributed by atoms with Crippen molar-refractivity contribution < 1.29 is 18.8 Å². The minimum absolute atomic E-state index is 0.143. The molecule has 31 heavy (non-hydrogen) atoms. The first-order chi connectivity index (χ1) is 14.5. The van der Waals surface area contributed by atoms with Gasteiger partial charge in [-0.25, -0.2) is 4.39 Å². The molecule has 1 amide bonds. The number of carbonyl (C=O) groups is 1. The maximum Gasteiger partial charge on any atom is 0.281 e. The van der Waals surface area contributed by atoms with E-state index in [9.17, 15) is 14.0 Å². The molecule has 2 heterocycles. The topological polar surface area (TPSA) is 72.8 Å². The number of hydrogen-bond donors (Lipinski definition) is 1. The van der Waals surface area contributed by atoms with Gasteiger partial charge in [-0.2, -0.15) is 5.06 Å². The van der Waals surface area contributed by atoms with E-state index in [-0.39, 0.29) is 30.1 Å². The number of carbonyl (C=O) groups excluding carboxylic acids is 1. The summed E-state index contributed by atoms with van der Waals surface area (Å²) in [6.07, 6.45) is 1.11. The number of hydroxylamine groups is 2. The molecule has 1 unspecified atom stereocenters. The molecule has 7 nitrogen and oxygen atoms in total. The monoisotopic (exact) mass is 495 g/mol. The predicted molar refractivity (Wildman–Crippen MR) is 119 cm³/mol. The smallest absolute Gasteiger partial charge is 0.281 e. The third kappa shape index (κ3) is 5.34. The highest BCUT2D eigenvalue weighted by atomic mass is 79.9. The van der Waals surface area contributed by atoms with Gasteiger partial charge in [0.25, 0.3) is 11.5 Å². The van der Waals surface area contributed by atoms with E-state index in [1.807, 2.05) is 20.8 Å². The summed E-state index contributed by atoms with van der Waals surface area (Å²) in [6, 6.07) is 4.62. The molecule has 2 aromatic rings. The lowest BCUT2D eigenvalue weighted by Crippen LogP contribution is -2.51. The van der Waals surface area contributed by atoms with Crippen LogP contribution in [0.5, 0.6) is 0 Å². The summed E-state index contributed by atoms with van der Waals surface area (Å²) >= 11 is 3.24. The molecular weight excluding hydrogens is 469 g/mol. The number of rotatable bonds is 6. The first kappa shape index (κ1) is 23.4. The van der Waals surface area contributed by atoms with Crippen molar-refractivity contribution >= 4 is 27.5 Å². The van der Waals surface area contributed by atoms with Gasteiger partial charge < -0.3 is 14.6 Å². The van der Waals surface area contributed by atoms with Crippen molar-refractivity contribution in [1.29, 1.82) is 0 Å². The Kier molecular flexibility index (Phi) is 6.88. The van der Waals surface area contributed by atoms with Crippen LogP contribution in [-0.4, -0.2) is 40.5 Å². The quantitative estimate of drug-likeness (QED) is 0.617. The van der Waals surface area contributed by atoms with E-state index in [0.29, 0.717) is 27.6 Å². The van der Waals surface area contributed by atoms with Crippen molar-refractivity contribution in [3.8, 4) is 0 Å². The molecule has 0 saturated heterocycles. The van der Waals surface area contributed by atoms with Gasteiger partial charge in [-0.15, -0.1) is 0 Å². The maximum absolute atomic E-state index is 14.4. The van der Waals surface area contributed by atoms with Crippen molar-refractivity contribution in [2.75, 3.05) is 18.5 Å². The molecule has 0 aliphatic carbocycles. The van der Waals surface area contributed by atoms with Crippen molar-refractivity contribution in [3.63, 3.8) is 0 Å². The van der Waals surface area contributed by atoms with Crippen LogP contribution in [0.15, 0.2) is 33.7 Å². The number of fused-ring (bicyclic) bond motifs is 1. The number of halogens is 2. The van der Waals surface area contributed by atoms with Crippen LogP contribution in [0.1, 0.15) is 42.3 Å². The number of amides is 1. The predicted octanol–water partition coefficient (Wildman–Crippen LogP) is 3.78. The van der Waals surface area contributed by atoms with Gasteiger partial charge in [0.2, 0.25) is 0 Å². The molecule has 1 aliphatic rings. The third-order valence-corrected chi connectivity index (χ3v) is 5.45. The number of aromatic nitrogens is 1. The van der Waals surface area contributed by atoms with Crippen LogP contribution in [0.3, 0.4) is 0 Å². The molecule has 0 spiro atoms. The van der Waals surface area contributed by atoms with Crippen molar-refractivity contribution in [2.24, 2.45) is 7.05 Å². The fourth-order valence-electron chi connectivity index (χ4n) is 3.44. The molecule has 9 heteroatoms. The second-order valence-electron chi connectivity index (χ2n) is 8.48. The van der Waals surface area contributed by atoms with Crippen LogP contribution in [0.4, 0.5) is 10.1 Å². The first-order valence-electron chi connectivity index (χ1n) is 9.99. The molecule has 168 valence electrons. The van der Waals surface area contributed by atoms with Crippen molar-refractivity contribution in [2.45, 2.75) is 45.9 Å². The van der Waals surface area contributed by atoms with Gasteiger partial charge in [0.05, 0.1) is 30.1 Å². The maximum atomic E-state index is 14.4. The Hall–Kier alpha value is -2.23. The number of pyridine rings is 1. The van der Waals surface area contributed by atoms with E-state index in [1.54, 1.807) is 26.1 Å². The SMILES string of the molecule is Cc1c2c(cn(C)c1=O)C(=O)N(OCCOC(C)(C)C)C(Nc1ccc(Br)cc1F)C2. The van der Waals surface area contributed by atoms with Gasteiger partial charge in [-0.1, -0.05) is 15.9 Å². The van der Waals surface area contributed by atoms with Crippen molar-refractivity contribution in [3.05, 3.63) is 61.7 Å². The van der Waals surface area contributed by atoms with Gasteiger partial charge in [-0.3, -0.25) is 14.4 Å². The Labute approximate surface area is 189 Å². The standard InChI is InChI=1S/C22H27BrFN3O4/c1-13-15-11-19(25-18-7-6-14(23)10-17(18)24)27(31-9-8-30-22(2,3)4)21(29)16(15)12-26(5)20(13)28/h6-7,10,12,19,25H,8-9,11H2,1-5H3. The van der Waals surface area contributed by atoms with Crippen LogP contribution in [0, 0.1) is 12.7 Å². The molecule has 0 bridgehead atoms. The van der Waals surface area contributed by atoms with Gasteiger partial charge in [-0.05, 0) is 51.5 Å². The zero-order chi connectivity index (χ0) is 22.9. The number of ether oxygens (including phenoxy) is 1. The summed E-state index contributed by atoms with van der Waals surface area (Å²) in [5, 5.41) is 4.26. The molecule has 1 N–H and O–H groups in total. The number of hydrogen-bond acceptors (Lipinski definition) is 5. The largest absolute Gasteiger partial charge is 0.373 e. The molecule has 1 atom stereocenters. The van der Waals surface area contributed by atoms with Crippen LogP contribution >= 0.6 is 15.9 Å². The Morgan fingerprint density at radius 1 is 1.26 bits per heavy atom. The average Bonchev–Trinajstić information content (AvgIpc) is 2.67. The summed E-state index contributed by atoms with van der Waals surface area (Å²) in [4.78, 5) is 31.4. The van der Waals surface area contributed by atoms with Crippen molar-refractivity contribution in [1.82, 2.24) is 9.63 Å². The second kappa shape index (κ2) is 9.10. The zero-order valence-electron chi connectivity index (χ0n) is 18.3. The fraction of sp³-hybridized carbons (Fsp3) is 0.455. The molecular formula is C22H27BrFN3O4. The number of aryl methyl sites for hydroxylation is 1. The van der Waals surface area contributed by atoms with Gasteiger partial charge in [0.1, 0.15) is 12.0 Å². The van der Waals surface area contributed by atoms with E-state index < -0.39 is 17.9 Å². The van der Waals surface area contributed by atoms with Crippen LogP contribution in [0.25, 0.3) is 0 Å². The lowest BCUT2D eigenvalue weighted by molar-refractivity contribution is -0.164. The summed E-state index contributed by atoms with van der Waals surface area (Å²) in [5.41, 5.74) is 1.24. The summed E-state index contributed by atoms with van der Waals surface area (Å²) in [7, 11) is 1.60. The highest BCUT2D eigenvalue weighted by molar-refractivity contribution is 9.10. The highest BCUT2D eigenvalue weighted by Crippen LogP contribution is 2.28. The Morgan fingerprint density at radius 2 is 1.97 bits per heavy atom. The Morgan fingerprint density at radius 3 is 2.61 bits per heavy atom. The normalized spacial score (nSPS) is 16.4. The minimum atomic E-state index is -0.698. The van der Waals surface area contributed by atoms with Gasteiger partial charge in [0, 0.05) is 29.7 Å². The molecule has 1 aliphatic heterocycles. The summed E-state index contributed by atoms with van der Waals surface area (Å²) in [5.74, 6) is -0.866. The lowest BCUT2D eigenvalue weighted by Gasteiger charge is -2.37. The van der Waals surface area contributed by atoms with Crippen LogP contribution < -0.4 is 10.9 Å². The molecule has 3 rings (SSSR count). The fourth-order valence-corrected chi connectivity index (χ4v) is 3.77. The summed E-state index contributed by atoms with van der Waals surface area (Å²) in [6.45, 7) is 7.91. The lowest BCUT2D eigenvalue weighted by atomic mass is 9.95. The van der Waals surface area contributed by atoms with Gasteiger partial charge >= 0.3 is 0 Å². The van der Waals surface area contributed by atoms with E-state index in [4.69, 9.17) is 9.57 Å². The number of nitrogens with one attached hydrogen (secondary N) is 1. The Balaban J connectivity index is 1.91. The van der Waals surface area contributed by atoms with E-state index >= 15 is 0 Å². The van der Waals surface area contributed by atoms with Gasteiger partial charge in [0.15, 0.2) is 0 Å². The average molecular weight is 496 g/mol. The number of anilines is 1. The molecule has 0 fully saturated rings. The second-order valence-corrected chi connectivity index (χ2v) is 9.39. The van der Waals surface area contributed by atoms with E-state index in [0.717, 1.165) is 0 Å². The first-order valence-corrected chi connectivity index (χ1v) is 10.8. The van der Waals surface area contributed by atoms with Crippen LogP contribution in [-0.2, 0) is 23.0 Å². The number of benzene rings is 1. The summed E-state index contributed by atoms with van der Waals surface area (Å²) < 4.78 is 22.1.